The number of rotatable bonds is 3. The summed E-state index contributed by atoms with van der Waals surface area (Å²) in [4.78, 5) is 23.6. The molecule has 0 saturated carbocycles. The summed E-state index contributed by atoms with van der Waals surface area (Å²) in [6.07, 6.45) is 4.20. The summed E-state index contributed by atoms with van der Waals surface area (Å²) in [5, 5.41) is 14.7. The molecule has 28 heavy (non-hydrogen) atoms. The Hall–Kier alpha value is -3.33. The minimum atomic E-state index is 0.0510. The Morgan fingerprint density at radius 2 is 2.29 bits per heavy atom. The molecule has 9 heteroatoms. The first-order chi connectivity index (χ1) is 13.7. The molecule has 0 atom stereocenters. The standard InChI is InChI=1S/C19H16N6O2S/c1-11-16(17-22-18(27-24-17)15-2-5-21-23-15)14-3-6-25(9-13(14)8-20-11)19(26)12-4-7-28-10-12/h2,4-5,7-8,10H,3,6,9H2,1H3,(H,21,23). The van der Waals surface area contributed by atoms with Crippen LogP contribution in [0.1, 0.15) is 27.2 Å². The molecule has 1 aliphatic heterocycles. The highest BCUT2D eigenvalue weighted by molar-refractivity contribution is 7.08. The first-order valence-electron chi connectivity index (χ1n) is 8.83. The summed E-state index contributed by atoms with van der Waals surface area (Å²) in [6.45, 7) is 3.10. The van der Waals surface area contributed by atoms with Crippen molar-refractivity contribution in [2.24, 2.45) is 0 Å². The second-order valence-electron chi connectivity index (χ2n) is 6.60. The molecule has 0 saturated heterocycles. The van der Waals surface area contributed by atoms with Crippen molar-refractivity contribution in [2.75, 3.05) is 6.54 Å². The van der Waals surface area contributed by atoms with Gasteiger partial charge in [-0.1, -0.05) is 5.16 Å². The molecule has 1 amide bonds. The van der Waals surface area contributed by atoms with E-state index in [0.717, 1.165) is 34.4 Å². The van der Waals surface area contributed by atoms with E-state index in [2.05, 4.69) is 25.3 Å². The quantitative estimate of drug-likeness (QED) is 0.575. The number of aromatic nitrogens is 5. The maximum absolute atomic E-state index is 12.7. The summed E-state index contributed by atoms with van der Waals surface area (Å²) >= 11 is 1.53. The van der Waals surface area contributed by atoms with Gasteiger partial charge in [-0.2, -0.15) is 21.4 Å². The van der Waals surface area contributed by atoms with Gasteiger partial charge in [0, 0.05) is 42.1 Å². The summed E-state index contributed by atoms with van der Waals surface area (Å²) in [5.74, 6) is 0.939. The molecule has 8 nitrogen and oxygen atoms in total. The largest absolute Gasteiger partial charge is 0.334 e. The lowest BCUT2D eigenvalue weighted by molar-refractivity contribution is 0.0735. The van der Waals surface area contributed by atoms with E-state index in [1.165, 1.54) is 11.3 Å². The topological polar surface area (TPSA) is 101 Å². The Bertz CT molecular complexity index is 1130. The number of fused-ring (bicyclic) bond motifs is 1. The number of nitrogens with one attached hydrogen (secondary N) is 1. The number of aromatic amines is 1. The van der Waals surface area contributed by atoms with E-state index in [0.29, 0.717) is 30.5 Å². The minimum Gasteiger partial charge on any atom is -0.334 e. The average Bonchev–Trinajstić information content (AvgIpc) is 3.49. The van der Waals surface area contributed by atoms with Crippen LogP contribution < -0.4 is 0 Å². The lowest BCUT2D eigenvalue weighted by Crippen LogP contribution is -2.36. The molecule has 1 aliphatic rings. The van der Waals surface area contributed by atoms with Crippen LogP contribution in [-0.4, -0.2) is 42.7 Å². The predicted octanol–water partition coefficient (Wildman–Crippen LogP) is 3.09. The number of aryl methyl sites for hydroxylation is 1. The molecular formula is C19H16N6O2S. The van der Waals surface area contributed by atoms with Crippen LogP contribution in [0.5, 0.6) is 0 Å². The summed E-state index contributed by atoms with van der Waals surface area (Å²) in [5.41, 5.74) is 5.27. The van der Waals surface area contributed by atoms with Gasteiger partial charge < -0.3 is 9.42 Å². The number of carbonyl (C=O) groups is 1. The minimum absolute atomic E-state index is 0.0510. The molecule has 0 spiro atoms. The van der Waals surface area contributed by atoms with E-state index < -0.39 is 0 Å². The number of thiophene rings is 1. The van der Waals surface area contributed by atoms with E-state index in [1.807, 2.05) is 34.8 Å². The van der Waals surface area contributed by atoms with E-state index in [9.17, 15) is 4.79 Å². The van der Waals surface area contributed by atoms with Crippen molar-refractivity contribution >= 4 is 17.2 Å². The lowest BCUT2D eigenvalue weighted by atomic mass is 9.94. The van der Waals surface area contributed by atoms with Crippen LogP contribution in [0.4, 0.5) is 0 Å². The number of hydrogen-bond acceptors (Lipinski definition) is 7. The van der Waals surface area contributed by atoms with Gasteiger partial charge in [0.15, 0.2) is 0 Å². The second-order valence-corrected chi connectivity index (χ2v) is 7.38. The molecule has 140 valence electrons. The molecule has 0 aromatic carbocycles. The third kappa shape index (κ3) is 2.80. The molecule has 5 rings (SSSR count). The Labute approximate surface area is 164 Å². The van der Waals surface area contributed by atoms with Crippen molar-refractivity contribution in [2.45, 2.75) is 19.9 Å². The summed E-state index contributed by atoms with van der Waals surface area (Å²) < 4.78 is 5.39. The van der Waals surface area contributed by atoms with Crippen LogP contribution in [0, 0.1) is 6.92 Å². The van der Waals surface area contributed by atoms with Crippen molar-refractivity contribution in [1.29, 1.82) is 0 Å². The number of amides is 1. The van der Waals surface area contributed by atoms with E-state index in [4.69, 9.17) is 4.52 Å². The first-order valence-corrected chi connectivity index (χ1v) is 9.77. The number of pyridine rings is 1. The van der Waals surface area contributed by atoms with Gasteiger partial charge in [-0.05, 0) is 42.0 Å². The maximum Gasteiger partial charge on any atom is 0.276 e. The third-order valence-corrected chi connectivity index (χ3v) is 5.58. The number of carbonyl (C=O) groups excluding carboxylic acids is 1. The van der Waals surface area contributed by atoms with E-state index in [1.54, 1.807) is 12.3 Å². The monoisotopic (exact) mass is 392 g/mol. The Morgan fingerprint density at radius 1 is 1.36 bits per heavy atom. The van der Waals surface area contributed by atoms with Crippen LogP contribution in [0.25, 0.3) is 23.0 Å². The van der Waals surface area contributed by atoms with Crippen LogP contribution >= 0.6 is 11.3 Å². The average molecular weight is 392 g/mol. The second kappa shape index (κ2) is 6.68. The fourth-order valence-electron chi connectivity index (χ4n) is 3.50. The third-order valence-electron chi connectivity index (χ3n) is 4.89. The fourth-order valence-corrected chi connectivity index (χ4v) is 4.13. The van der Waals surface area contributed by atoms with Crippen molar-refractivity contribution in [3.8, 4) is 23.0 Å². The zero-order valence-corrected chi connectivity index (χ0v) is 15.9. The Balaban J connectivity index is 1.49. The highest BCUT2D eigenvalue weighted by atomic mass is 32.1. The van der Waals surface area contributed by atoms with Crippen molar-refractivity contribution in [3.63, 3.8) is 0 Å². The number of hydrogen-bond donors (Lipinski definition) is 1. The molecule has 0 unspecified atom stereocenters. The van der Waals surface area contributed by atoms with Gasteiger partial charge in [-0.15, -0.1) is 0 Å². The van der Waals surface area contributed by atoms with Crippen LogP contribution in [0.15, 0.2) is 39.8 Å². The molecular weight excluding hydrogens is 376 g/mol. The molecule has 0 fully saturated rings. The zero-order chi connectivity index (χ0) is 19.1. The molecule has 4 aromatic rings. The predicted molar refractivity (Wildman–Crippen MR) is 103 cm³/mol. The Kier molecular flexibility index (Phi) is 4.01. The normalized spacial score (nSPS) is 13.5. The van der Waals surface area contributed by atoms with Crippen LogP contribution in [-0.2, 0) is 13.0 Å². The summed E-state index contributed by atoms with van der Waals surface area (Å²) in [6, 6.07) is 3.63. The molecule has 1 N–H and O–H groups in total. The van der Waals surface area contributed by atoms with Crippen molar-refractivity contribution in [3.05, 3.63) is 57.7 Å². The SMILES string of the molecule is Cc1ncc2c(c1-c1noc(-c3ccn[nH]3)n1)CCN(C(=O)c1ccsc1)C2. The van der Waals surface area contributed by atoms with Crippen molar-refractivity contribution < 1.29 is 9.32 Å². The summed E-state index contributed by atoms with van der Waals surface area (Å²) in [7, 11) is 0. The van der Waals surface area contributed by atoms with Gasteiger partial charge in [0.2, 0.25) is 5.82 Å². The van der Waals surface area contributed by atoms with Gasteiger partial charge in [0.25, 0.3) is 11.8 Å². The highest BCUT2D eigenvalue weighted by Crippen LogP contribution is 2.32. The molecule has 0 radical (unpaired) electrons. The highest BCUT2D eigenvalue weighted by Gasteiger charge is 2.27. The van der Waals surface area contributed by atoms with Gasteiger partial charge in [-0.25, -0.2) is 0 Å². The smallest absolute Gasteiger partial charge is 0.276 e. The molecule has 0 aliphatic carbocycles. The lowest BCUT2D eigenvalue weighted by Gasteiger charge is -2.29. The first kappa shape index (κ1) is 16.8. The molecule has 4 aromatic heterocycles. The van der Waals surface area contributed by atoms with Gasteiger partial charge >= 0.3 is 0 Å². The van der Waals surface area contributed by atoms with Gasteiger partial charge in [0.1, 0.15) is 5.69 Å². The number of nitrogens with zero attached hydrogens (tertiary/aromatic N) is 5. The van der Waals surface area contributed by atoms with Crippen LogP contribution in [0.2, 0.25) is 0 Å². The zero-order valence-electron chi connectivity index (χ0n) is 15.0. The van der Waals surface area contributed by atoms with Gasteiger partial charge in [0.05, 0.1) is 5.56 Å². The number of H-pyrrole nitrogens is 1. The Morgan fingerprint density at radius 3 is 3.07 bits per heavy atom. The van der Waals surface area contributed by atoms with Crippen molar-refractivity contribution in [1.82, 2.24) is 30.2 Å². The van der Waals surface area contributed by atoms with Gasteiger partial charge in [-0.3, -0.25) is 14.9 Å². The molecule has 0 bridgehead atoms. The maximum atomic E-state index is 12.7. The van der Waals surface area contributed by atoms with Crippen LogP contribution in [0.3, 0.4) is 0 Å². The molecule has 5 heterocycles. The fraction of sp³-hybridized carbons (Fsp3) is 0.211. The van der Waals surface area contributed by atoms with E-state index >= 15 is 0 Å². The van der Waals surface area contributed by atoms with E-state index in [-0.39, 0.29) is 5.91 Å².